The third-order valence-corrected chi connectivity index (χ3v) is 6.33. The van der Waals surface area contributed by atoms with Gasteiger partial charge in [0.25, 0.3) is 0 Å². The van der Waals surface area contributed by atoms with E-state index in [9.17, 15) is 24.6 Å². The minimum Gasteiger partial charge on any atom is -0.477 e. The summed E-state index contributed by atoms with van der Waals surface area (Å²) in [6.07, 6.45) is 2.42. The Bertz CT molecular complexity index is 1000. The molecule has 0 aromatic carbocycles. The quantitative estimate of drug-likeness (QED) is 0.614. The summed E-state index contributed by atoms with van der Waals surface area (Å²) in [5.41, 5.74) is 0.860. The van der Waals surface area contributed by atoms with E-state index in [1.165, 1.54) is 29.5 Å². The molecule has 2 aliphatic heterocycles. The topological polar surface area (TPSA) is 112 Å². The van der Waals surface area contributed by atoms with Crippen molar-refractivity contribution >= 4 is 39.4 Å². The zero-order chi connectivity index (χ0) is 18.9. The van der Waals surface area contributed by atoms with Crippen molar-refractivity contribution in [1.82, 2.24) is 14.3 Å². The number of ketones is 1. The summed E-state index contributed by atoms with van der Waals surface area (Å²) in [4.78, 5) is 42.7. The average molecular weight is 375 g/mol. The highest BCUT2D eigenvalue weighted by molar-refractivity contribution is 7.18. The average Bonchev–Trinajstić information content (AvgIpc) is 3.16. The first kappa shape index (κ1) is 16.9. The molecule has 1 unspecified atom stereocenters. The Balaban J connectivity index is 1.86. The fourth-order valence-corrected chi connectivity index (χ4v) is 5.32. The number of carboxylic acid groups (broad SMARTS) is 1. The summed E-state index contributed by atoms with van der Waals surface area (Å²) in [6, 6.07) is -0.365. The molecule has 4 atom stereocenters. The van der Waals surface area contributed by atoms with Crippen LogP contribution < -0.4 is 0 Å². The van der Waals surface area contributed by atoms with E-state index in [4.69, 9.17) is 0 Å². The number of carboxylic acids is 1. The van der Waals surface area contributed by atoms with Crippen molar-refractivity contribution in [2.75, 3.05) is 0 Å². The zero-order valence-electron chi connectivity index (χ0n) is 14.3. The van der Waals surface area contributed by atoms with Crippen LogP contribution in [0.3, 0.4) is 0 Å². The third kappa shape index (κ3) is 2.04. The molecule has 0 radical (unpaired) electrons. The number of β-lactam (4-membered cyclic amide) rings is 1. The van der Waals surface area contributed by atoms with Gasteiger partial charge in [-0.1, -0.05) is 6.92 Å². The molecular formula is C17H17N3O5S. The van der Waals surface area contributed by atoms with Gasteiger partial charge in [-0.3, -0.25) is 14.0 Å². The number of aliphatic carboxylic acids is 1. The van der Waals surface area contributed by atoms with Crippen LogP contribution in [0.15, 0.2) is 18.2 Å². The number of carbonyl (C=O) groups excluding carboxylic acids is 2. The van der Waals surface area contributed by atoms with Crippen molar-refractivity contribution < 1.29 is 24.6 Å². The molecule has 2 aliphatic rings. The van der Waals surface area contributed by atoms with Crippen molar-refractivity contribution in [3.63, 3.8) is 0 Å². The highest BCUT2D eigenvalue weighted by Crippen LogP contribution is 2.51. The van der Waals surface area contributed by atoms with E-state index in [0.717, 1.165) is 0 Å². The molecule has 136 valence electrons. The Morgan fingerprint density at radius 1 is 1.38 bits per heavy atom. The second-order valence-corrected chi connectivity index (χ2v) is 7.81. The second kappa shape index (κ2) is 5.49. The number of hydrogen-bond donors (Lipinski definition) is 2. The van der Waals surface area contributed by atoms with Gasteiger partial charge in [-0.05, 0) is 6.92 Å². The molecule has 0 bridgehead atoms. The molecule has 0 saturated carbocycles. The number of amides is 1. The minimum atomic E-state index is -1.17. The van der Waals surface area contributed by atoms with E-state index in [1.54, 1.807) is 17.5 Å². The van der Waals surface area contributed by atoms with Gasteiger partial charge < -0.3 is 15.1 Å². The van der Waals surface area contributed by atoms with Crippen LogP contribution in [0.5, 0.6) is 0 Å². The van der Waals surface area contributed by atoms with Gasteiger partial charge in [0.2, 0.25) is 5.91 Å². The number of aliphatic hydroxyl groups excluding tert-OH is 1. The van der Waals surface area contributed by atoms with Crippen LogP contribution in [0.2, 0.25) is 0 Å². The van der Waals surface area contributed by atoms with Crippen LogP contribution >= 0.6 is 11.3 Å². The number of fused-ring (bicyclic) bond motifs is 2. The fraction of sp³-hybridized carbons (Fsp3) is 0.412. The molecule has 4 heterocycles. The van der Waals surface area contributed by atoms with Crippen molar-refractivity contribution in [2.45, 2.75) is 32.9 Å². The Morgan fingerprint density at radius 2 is 2.08 bits per heavy atom. The lowest BCUT2D eigenvalue weighted by molar-refractivity contribution is -0.163. The van der Waals surface area contributed by atoms with Gasteiger partial charge in [-0.2, -0.15) is 0 Å². The van der Waals surface area contributed by atoms with E-state index in [0.29, 0.717) is 21.0 Å². The fourth-order valence-electron chi connectivity index (χ4n) is 4.06. The predicted octanol–water partition coefficient (Wildman–Crippen LogP) is 1.25. The molecular weight excluding hydrogens is 358 g/mol. The highest BCUT2D eigenvalue weighted by atomic mass is 32.1. The van der Waals surface area contributed by atoms with Crippen LogP contribution in [0.1, 0.15) is 36.1 Å². The second-order valence-electron chi connectivity index (χ2n) is 6.78. The number of Topliss-reactive ketones (excluding diaryl/α,β-unsaturated/α-hetero) is 1. The van der Waals surface area contributed by atoms with Gasteiger partial charge in [0.15, 0.2) is 5.78 Å². The number of thiazole rings is 1. The molecule has 8 nitrogen and oxygen atoms in total. The maximum atomic E-state index is 12.4. The first-order valence-corrected chi connectivity index (χ1v) is 9.02. The van der Waals surface area contributed by atoms with Gasteiger partial charge in [-0.15, -0.1) is 11.3 Å². The molecule has 0 spiro atoms. The molecule has 2 N–H and O–H groups in total. The van der Waals surface area contributed by atoms with E-state index in [2.05, 4.69) is 4.98 Å². The lowest BCUT2D eigenvalue weighted by Crippen LogP contribution is -2.63. The Labute approximate surface area is 152 Å². The summed E-state index contributed by atoms with van der Waals surface area (Å²) >= 11 is 1.28. The number of aromatic nitrogens is 2. The molecule has 1 fully saturated rings. The van der Waals surface area contributed by atoms with Gasteiger partial charge in [0.1, 0.15) is 22.5 Å². The molecule has 9 heteroatoms. The summed E-state index contributed by atoms with van der Waals surface area (Å²) < 4.78 is 1.69. The molecule has 26 heavy (non-hydrogen) atoms. The first-order valence-electron chi connectivity index (χ1n) is 8.20. The van der Waals surface area contributed by atoms with E-state index in [1.807, 2.05) is 6.92 Å². The molecule has 2 aromatic heterocycles. The van der Waals surface area contributed by atoms with Gasteiger partial charge in [0.05, 0.1) is 22.9 Å². The summed E-state index contributed by atoms with van der Waals surface area (Å²) in [7, 11) is 0. The van der Waals surface area contributed by atoms with Crippen LogP contribution in [0.4, 0.5) is 0 Å². The van der Waals surface area contributed by atoms with Crippen molar-refractivity contribution in [1.29, 1.82) is 0 Å². The molecule has 2 aromatic rings. The molecule has 1 amide bonds. The maximum Gasteiger partial charge on any atom is 0.352 e. The molecule has 0 aliphatic carbocycles. The smallest absolute Gasteiger partial charge is 0.352 e. The summed E-state index contributed by atoms with van der Waals surface area (Å²) in [5.74, 6) is -2.54. The third-order valence-electron chi connectivity index (χ3n) is 5.18. The first-order chi connectivity index (χ1) is 12.2. The van der Waals surface area contributed by atoms with E-state index in [-0.39, 0.29) is 29.3 Å². The van der Waals surface area contributed by atoms with E-state index >= 15 is 0 Å². The Kier molecular flexibility index (Phi) is 3.57. The maximum absolute atomic E-state index is 12.4. The number of rotatable bonds is 4. The van der Waals surface area contributed by atoms with Crippen molar-refractivity contribution in [3.05, 3.63) is 28.8 Å². The van der Waals surface area contributed by atoms with Crippen molar-refractivity contribution in [2.24, 2.45) is 11.8 Å². The summed E-state index contributed by atoms with van der Waals surface area (Å²) in [5, 5.41) is 19.6. The minimum absolute atomic E-state index is 0.0359. The van der Waals surface area contributed by atoms with Crippen LogP contribution in [-0.4, -0.2) is 54.3 Å². The number of imidazole rings is 1. The Hall–Kier alpha value is -2.52. The summed E-state index contributed by atoms with van der Waals surface area (Å²) in [6.45, 7) is 4.84. The van der Waals surface area contributed by atoms with Crippen molar-refractivity contribution in [3.8, 4) is 0 Å². The number of aliphatic hydroxyl groups is 1. The lowest BCUT2D eigenvalue weighted by Gasteiger charge is -2.46. The predicted molar refractivity (Wildman–Crippen MR) is 92.6 cm³/mol. The van der Waals surface area contributed by atoms with Gasteiger partial charge in [-0.25, -0.2) is 9.78 Å². The normalized spacial score (nSPS) is 26.2. The molecule has 4 rings (SSSR count). The largest absolute Gasteiger partial charge is 0.477 e. The standard InChI is InChI=1S/C17H17N3O5S/c1-6-10(9-4-19-5-18-12(8(3)22)16(19)26-9)14(17(24)25)20-13(6)11(7(2)21)15(20)23/h4-7,11,13,21H,1-3H3,(H,24,25)/t6-,7+,11+,13?/m0/s1. The number of carbonyl (C=O) groups is 3. The highest BCUT2D eigenvalue weighted by Gasteiger charge is 2.60. The monoisotopic (exact) mass is 375 g/mol. The van der Waals surface area contributed by atoms with E-state index < -0.39 is 18.0 Å². The SMILES string of the molecule is CC(=O)c1ncn2cc(C3=C(C(=O)O)N4C(=O)[C@H]([C@@H](C)O)C4[C@H]3C)sc12. The van der Waals surface area contributed by atoms with Crippen LogP contribution in [0.25, 0.3) is 10.4 Å². The Morgan fingerprint density at radius 3 is 2.65 bits per heavy atom. The number of nitrogens with zero attached hydrogens (tertiary/aromatic N) is 3. The van der Waals surface area contributed by atoms with Crippen LogP contribution in [0, 0.1) is 11.8 Å². The molecule has 1 saturated heterocycles. The van der Waals surface area contributed by atoms with Crippen LogP contribution in [-0.2, 0) is 9.59 Å². The number of hydrogen-bond acceptors (Lipinski definition) is 6. The van der Waals surface area contributed by atoms with Gasteiger partial charge >= 0.3 is 5.97 Å². The zero-order valence-corrected chi connectivity index (χ0v) is 15.1. The van der Waals surface area contributed by atoms with Gasteiger partial charge in [0, 0.05) is 24.6 Å². The lowest BCUT2D eigenvalue weighted by atomic mass is 9.77.